The Kier molecular flexibility index (Phi) is 5.36. The standard InChI is InChI=1S/C14H19ClN2O2/c1-5-12(10-7-6-8-11(15)9-10)16-17-13(18)19-14(2,3)4/h6-9H,5H2,1-4H3,(H,17,18)/b16-12-. The van der Waals surface area contributed by atoms with Crippen molar-refractivity contribution in [2.24, 2.45) is 5.10 Å². The second kappa shape index (κ2) is 6.57. The van der Waals surface area contributed by atoms with Gasteiger partial charge in [-0.2, -0.15) is 5.10 Å². The molecular formula is C14H19ClN2O2. The summed E-state index contributed by atoms with van der Waals surface area (Å²) in [5.74, 6) is 0. The molecule has 1 aromatic rings. The molecule has 0 aliphatic rings. The summed E-state index contributed by atoms with van der Waals surface area (Å²) in [7, 11) is 0. The lowest BCUT2D eigenvalue weighted by molar-refractivity contribution is 0.0529. The molecule has 5 heteroatoms. The van der Waals surface area contributed by atoms with Gasteiger partial charge in [0, 0.05) is 5.02 Å². The van der Waals surface area contributed by atoms with Crippen LogP contribution in [0.3, 0.4) is 0 Å². The van der Waals surface area contributed by atoms with Gasteiger partial charge in [-0.05, 0) is 44.9 Å². The lowest BCUT2D eigenvalue weighted by Crippen LogP contribution is -2.30. The van der Waals surface area contributed by atoms with Crippen molar-refractivity contribution in [2.75, 3.05) is 0 Å². The van der Waals surface area contributed by atoms with Crippen molar-refractivity contribution < 1.29 is 9.53 Å². The van der Waals surface area contributed by atoms with Crippen molar-refractivity contribution in [3.05, 3.63) is 34.9 Å². The van der Waals surface area contributed by atoms with E-state index in [4.69, 9.17) is 16.3 Å². The summed E-state index contributed by atoms with van der Waals surface area (Å²) in [6, 6.07) is 7.33. The van der Waals surface area contributed by atoms with Crippen LogP contribution in [0, 0.1) is 0 Å². The second-order valence-corrected chi connectivity index (χ2v) is 5.47. The molecule has 0 radical (unpaired) electrons. The molecule has 0 aromatic heterocycles. The van der Waals surface area contributed by atoms with Crippen LogP contribution < -0.4 is 5.43 Å². The highest BCUT2D eigenvalue weighted by Gasteiger charge is 2.15. The van der Waals surface area contributed by atoms with Gasteiger partial charge in [0.2, 0.25) is 0 Å². The molecule has 4 nitrogen and oxygen atoms in total. The fourth-order valence-electron chi connectivity index (χ4n) is 1.43. The minimum absolute atomic E-state index is 0.540. The lowest BCUT2D eigenvalue weighted by Gasteiger charge is -2.18. The number of carbonyl (C=O) groups excluding carboxylic acids is 1. The number of nitrogens with zero attached hydrogens (tertiary/aromatic N) is 1. The van der Waals surface area contributed by atoms with E-state index in [1.807, 2.05) is 19.1 Å². The molecule has 0 heterocycles. The number of rotatable bonds is 3. The van der Waals surface area contributed by atoms with Crippen molar-refractivity contribution in [3.8, 4) is 0 Å². The predicted octanol–water partition coefficient (Wildman–Crippen LogP) is 3.98. The molecule has 1 aromatic carbocycles. The minimum Gasteiger partial charge on any atom is -0.443 e. The molecule has 0 saturated heterocycles. The first kappa shape index (κ1) is 15.5. The largest absolute Gasteiger partial charge is 0.443 e. The Morgan fingerprint density at radius 3 is 2.63 bits per heavy atom. The zero-order valence-corrected chi connectivity index (χ0v) is 12.4. The Morgan fingerprint density at radius 2 is 2.11 bits per heavy atom. The van der Waals surface area contributed by atoms with E-state index in [0.29, 0.717) is 11.4 Å². The van der Waals surface area contributed by atoms with Crippen LogP contribution in [-0.4, -0.2) is 17.4 Å². The van der Waals surface area contributed by atoms with Crippen LogP contribution in [-0.2, 0) is 4.74 Å². The second-order valence-electron chi connectivity index (χ2n) is 5.04. The van der Waals surface area contributed by atoms with Crippen molar-refractivity contribution in [2.45, 2.75) is 39.7 Å². The zero-order valence-electron chi connectivity index (χ0n) is 11.7. The van der Waals surface area contributed by atoms with Crippen molar-refractivity contribution in [3.63, 3.8) is 0 Å². The molecule has 0 saturated carbocycles. The first-order chi connectivity index (χ1) is 8.81. The summed E-state index contributed by atoms with van der Waals surface area (Å²) in [5.41, 5.74) is 3.48. The van der Waals surface area contributed by atoms with E-state index in [9.17, 15) is 4.79 Å². The number of benzene rings is 1. The highest BCUT2D eigenvalue weighted by atomic mass is 35.5. The number of carbonyl (C=O) groups is 1. The third-order valence-corrected chi connectivity index (χ3v) is 2.41. The maximum absolute atomic E-state index is 11.5. The molecule has 0 spiro atoms. The van der Waals surface area contributed by atoms with Crippen LogP contribution in [0.5, 0.6) is 0 Å². The summed E-state index contributed by atoms with van der Waals surface area (Å²) in [5, 5.41) is 4.71. The molecule has 104 valence electrons. The van der Waals surface area contributed by atoms with E-state index in [0.717, 1.165) is 11.3 Å². The highest BCUT2D eigenvalue weighted by molar-refractivity contribution is 6.31. The Labute approximate surface area is 118 Å². The lowest BCUT2D eigenvalue weighted by atomic mass is 10.1. The molecule has 0 aliphatic carbocycles. The van der Waals surface area contributed by atoms with Crippen LogP contribution >= 0.6 is 11.6 Å². The molecule has 1 amide bonds. The Bertz CT molecular complexity index is 479. The monoisotopic (exact) mass is 282 g/mol. The van der Waals surface area contributed by atoms with E-state index in [1.54, 1.807) is 32.9 Å². The molecule has 0 atom stereocenters. The predicted molar refractivity (Wildman–Crippen MR) is 77.6 cm³/mol. The SMILES string of the molecule is CC/C(=N/NC(=O)OC(C)(C)C)c1cccc(Cl)c1. The molecule has 0 fully saturated rings. The van der Waals surface area contributed by atoms with Gasteiger partial charge >= 0.3 is 6.09 Å². The van der Waals surface area contributed by atoms with E-state index in [-0.39, 0.29) is 0 Å². The van der Waals surface area contributed by atoms with Gasteiger partial charge in [0.25, 0.3) is 0 Å². The number of amides is 1. The number of hydrogen-bond donors (Lipinski definition) is 1. The molecule has 1 rings (SSSR count). The fraction of sp³-hybridized carbons (Fsp3) is 0.429. The summed E-state index contributed by atoms with van der Waals surface area (Å²) in [6.07, 6.45) is 0.108. The van der Waals surface area contributed by atoms with Crippen LogP contribution in [0.4, 0.5) is 4.79 Å². The summed E-state index contributed by atoms with van der Waals surface area (Å²) in [4.78, 5) is 11.5. The normalized spacial score (nSPS) is 12.2. The van der Waals surface area contributed by atoms with Crippen molar-refractivity contribution in [1.82, 2.24) is 5.43 Å². The maximum Gasteiger partial charge on any atom is 0.428 e. The van der Waals surface area contributed by atoms with Crippen LogP contribution in [0.25, 0.3) is 0 Å². The molecule has 1 N–H and O–H groups in total. The summed E-state index contributed by atoms with van der Waals surface area (Å²) < 4.78 is 5.11. The maximum atomic E-state index is 11.5. The highest BCUT2D eigenvalue weighted by Crippen LogP contribution is 2.13. The van der Waals surface area contributed by atoms with Gasteiger partial charge in [-0.25, -0.2) is 10.2 Å². The topological polar surface area (TPSA) is 50.7 Å². The van der Waals surface area contributed by atoms with E-state index in [1.165, 1.54) is 0 Å². The number of halogens is 1. The smallest absolute Gasteiger partial charge is 0.428 e. The zero-order chi connectivity index (χ0) is 14.5. The molecule has 0 unspecified atom stereocenters. The molecule has 0 bridgehead atoms. The Balaban J connectivity index is 2.75. The average Bonchev–Trinajstić information content (AvgIpc) is 2.27. The number of hydrogen-bond acceptors (Lipinski definition) is 3. The molecular weight excluding hydrogens is 264 g/mol. The molecule has 0 aliphatic heterocycles. The van der Waals surface area contributed by atoms with E-state index in [2.05, 4.69) is 10.5 Å². The fourth-order valence-corrected chi connectivity index (χ4v) is 1.62. The van der Waals surface area contributed by atoms with Crippen LogP contribution in [0.2, 0.25) is 5.02 Å². The third kappa shape index (κ3) is 5.75. The summed E-state index contributed by atoms with van der Waals surface area (Å²) >= 11 is 5.93. The number of hydrazone groups is 1. The minimum atomic E-state index is -0.569. The van der Waals surface area contributed by atoms with Gasteiger partial charge in [0.1, 0.15) is 5.60 Å². The van der Waals surface area contributed by atoms with E-state index >= 15 is 0 Å². The Morgan fingerprint density at radius 1 is 1.42 bits per heavy atom. The van der Waals surface area contributed by atoms with Crippen molar-refractivity contribution in [1.29, 1.82) is 0 Å². The van der Waals surface area contributed by atoms with Gasteiger partial charge in [-0.15, -0.1) is 0 Å². The van der Waals surface area contributed by atoms with Gasteiger partial charge in [-0.3, -0.25) is 0 Å². The first-order valence-corrected chi connectivity index (χ1v) is 6.51. The number of ether oxygens (including phenoxy) is 1. The van der Waals surface area contributed by atoms with Crippen molar-refractivity contribution >= 4 is 23.4 Å². The van der Waals surface area contributed by atoms with E-state index < -0.39 is 11.7 Å². The quantitative estimate of drug-likeness (QED) is 0.673. The van der Waals surface area contributed by atoms with Gasteiger partial charge in [0.15, 0.2) is 0 Å². The number of nitrogens with one attached hydrogen (secondary N) is 1. The van der Waals surface area contributed by atoms with Crippen LogP contribution in [0.15, 0.2) is 29.4 Å². The third-order valence-electron chi connectivity index (χ3n) is 2.17. The summed E-state index contributed by atoms with van der Waals surface area (Å²) in [6.45, 7) is 7.35. The Hall–Kier alpha value is -1.55. The van der Waals surface area contributed by atoms with Gasteiger partial charge in [-0.1, -0.05) is 30.7 Å². The van der Waals surface area contributed by atoms with Gasteiger partial charge in [0.05, 0.1) is 5.71 Å². The molecule has 19 heavy (non-hydrogen) atoms. The average molecular weight is 283 g/mol. The first-order valence-electron chi connectivity index (χ1n) is 6.13. The van der Waals surface area contributed by atoms with Gasteiger partial charge < -0.3 is 4.74 Å². The van der Waals surface area contributed by atoms with Crippen LogP contribution in [0.1, 0.15) is 39.7 Å².